The summed E-state index contributed by atoms with van der Waals surface area (Å²) < 4.78 is 15.9. The molecular formula is C11H13O3P. The standard InChI is InChI=1S/C11H13O3P/c1-10(11-5-3-2-4-6-11)9-14-15-12-7-8-13-15/h2-6H,1,7-9H2. The average molecular weight is 224 g/mol. The van der Waals surface area contributed by atoms with Gasteiger partial charge < -0.3 is 13.6 Å². The lowest BCUT2D eigenvalue weighted by Gasteiger charge is -2.09. The monoisotopic (exact) mass is 224 g/mol. The Morgan fingerprint density at radius 2 is 1.93 bits per heavy atom. The maximum absolute atomic E-state index is 5.44. The van der Waals surface area contributed by atoms with Crippen LogP contribution in [0, 0.1) is 0 Å². The first-order valence-corrected chi connectivity index (χ1v) is 5.88. The molecule has 0 atom stereocenters. The quantitative estimate of drug-likeness (QED) is 0.736. The molecule has 0 aliphatic carbocycles. The van der Waals surface area contributed by atoms with Crippen LogP contribution in [-0.4, -0.2) is 19.8 Å². The molecule has 80 valence electrons. The Labute approximate surface area is 90.7 Å². The van der Waals surface area contributed by atoms with Crippen LogP contribution in [0.25, 0.3) is 5.57 Å². The van der Waals surface area contributed by atoms with Gasteiger partial charge in [0.2, 0.25) is 0 Å². The highest BCUT2D eigenvalue weighted by Crippen LogP contribution is 2.43. The molecule has 0 spiro atoms. The largest absolute Gasteiger partial charge is 0.333 e. The molecule has 4 heteroatoms. The predicted octanol–water partition coefficient (Wildman–Crippen LogP) is 2.99. The van der Waals surface area contributed by atoms with Crippen molar-refractivity contribution in [3.05, 3.63) is 42.5 Å². The van der Waals surface area contributed by atoms with E-state index in [4.69, 9.17) is 13.6 Å². The molecule has 15 heavy (non-hydrogen) atoms. The number of hydrogen-bond donors (Lipinski definition) is 0. The van der Waals surface area contributed by atoms with Crippen molar-refractivity contribution in [1.82, 2.24) is 0 Å². The van der Waals surface area contributed by atoms with Crippen LogP contribution in [0.4, 0.5) is 0 Å². The maximum atomic E-state index is 5.44. The summed E-state index contributed by atoms with van der Waals surface area (Å²) >= 11 is 0. The topological polar surface area (TPSA) is 27.7 Å². The van der Waals surface area contributed by atoms with Gasteiger partial charge >= 0.3 is 8.60 Å². The van der Waals surface area contributed by atoms with Crippen molar-refractivity contribution in [2.75, 3.05) is 19.8 Å². The van der Waals surface area contributed by atoms with Gasteiger partial charge in [0, 0.05) is 0 Å². The van der Waals surface area contributed by atoms with Crippen LogP contribution < -0.4 is 0 Å². The van der Waals surface area contributed by atoms with Gasteiger partial charge in [-0.25, -0.2) is 0 Å². The molecule has 0 saturated carbocycles. The van der Waals surface area contributed by atoms with E-state index >= 15 is 0 Å². The SMILES string of the molecule is C=C(COP1OCCO1)c1ccccc1. The average Bonchev–Trinajstić information content (AvgIpc) is 2.80. The highest BCUT2D eigenvalue weighted by molar-refractivity contribution is 7.41. The molecule has 0 aromatic heterocycles. The first-order chi connectivity index (χ1) is 7.36. The van der Waals surface area contributed by atoms with E-state index in [1.807, 2.05) is 30.3 Å². The predicted molar refractivity (Wildman–Crippen MR) is 60.3 cm³/mol. The minimum Gasteiger partial charge on any atom is -0.310 e. The molecular weight excluding hydrogens is 211 g/mol. The van der Waals surface area contributed by atoms with E-state index in [1.165, 1.54) is 0 Å². The molecule has 1 aliphatic rings. The van der Waals surface area contributed by atoms with E-state index in [9.17, 15) is 0 Å². The lowest BCUT2D eigenvalue weighted by atomic mass is 10.1. The third kappa shape index (κ3) is 3.11. The van der Waals surface area contributed by atoms with E-state index in [-0.39, 0.29) is 0 Å². The molecule has 1 aromatic carbocycles. The Bertz CT molecular complexity index is 320. The fourth-order valence-electron chi connectivity index (χ4n) is 1.22. The summed E-state index contributed by atoms with van der Waals surface area (Å²) in [6.45, 7) is 5.67. The first kappa shape index (κ1) is 10.8. The van der Waals surface area contributed by atoms with Crippen LogP contribution in [0.2, 0.25) is 0 Å². The smallest absolute Gasteiger partial charge is 0.310 e. The van der Waals surface area contributed by atoms with Crippen molar-refractivity contribution in [3.8, 4) is 0 Å². The van der Waals surface area contributed by atoms with Crippen LogP contribution >= 0.6 is 8.60 Å². The molecule has 1 heterocycles. The highest BCUT2D eigenvalue weighted by Gasteiger charge is 2.18. The lowest BCUT2D eigenvalue weighted by molar-refractivity contribution is 0.276. The molecule has 0 bridgehead atoms. The molecule has 3 nitrogen and oxygen atoms in total. The van der Waals surface area contributed by atoms with Crippen molar-refractivity contribution in [1.29, 1.82) is 0 Å². The van der Waals surface area contributed by atoms with Crippen molar-refractivity contribution in [2.24, 2.45) is 0 Å². The number of hydrogen-bond acceptors (Lipinski definition) is 3. The second kappa shape index (κ2) is 5.38. The van der Waals surface area contributed by atoms with Gasteiger partial charge in [0.05, 0.1) is 19.8 Å². The fourth-order valence-corrected chi connectivity index (χ4v) is 2.16. The Kier molecular flexibility index (Phi) is 3.87. The molecule has 0 N–H and O–H groups in total. The van der Waals surface area contributed by atoms with Gasteiger partial charge in [0.25, 0.3) is 0 Å². The third-order valence-electron chi connectivity index (χ3n) is 2.00. The Morgan fingerprint density at radius 3 is 2.60 bits per heavy atom. The van der Waals surface area contributed by atoms with Crippen LogP contribution in [0.15, 0.2) is 36.9 Å². The second-order valence-electron chi connectivity index (χ2n) is 3.13. The van der Waals surface area contributed by atoms with E-state index in [0.717, 1.165) is 11.1 Å². The summed E-state index contributed by atoms with van der Waals surface area (Å²) in [5, 5.41) is 0. The summed E-state index contributed by atoms with van der Waals surface area (Å²) in [6, 6.07) is 9.96. The Morgan fingerprint density at radius 1 is 1.27 bits per heavy atom. The molecule has 1 aliphatic heterocycles. The van der Waals surface area contributed by atoms with Gasteiger partial charge in [0.15, 0.2) is 0 Å². The zero-order valence-corrected chi connectivity index (χ0v) is 9.28. The molecule has 2 rings (SSSR count). The Hall–Kier alpha value is -0.730. The fraction of sp³-hybridized carbons (Fsp3) is 0.273. The molecule has 1 fully saturated rings. The van der Waals surface area contributed by atoms with E-state index < -0.39 is 8.60 Å². The summed E-state index contributed by atoms with van der Waals surface area (Å²) in [6.07, 6.45) is 0. The molecule has 0 unspecified atom stereocenters. The summed E-state index contributed by atoms with van der Waals surface area (Å²) in [4.78, 5) is 0. The second-order valence-corrected chi connectivity index (χ2v) is 4.35. The zero-order chi connectivity index (χ0) is 10.5. The molecule has 1 aromatic rings. The van der Waals surface area contributed by atoms with Crippen LogP contribution in [0.5, 0.6) is 0 Å². The number of rotatable bonds is 4. The van der Waals surface area contributed by atoms with Crippen LogP contribution in [0.3, 0.4) is 0 Å². The van der Waals surface area contributed by atoms with Crippen molar-refractivity contribution in [3.63, 3.8) is 0 Å². The lowest BCUT2D eigenvalue weighted by Crippen LogP contribution is -1.93. The van der Waals surface area contributed by atoms with Crippen LogP contribution in [0.1, 0.15) is 5.56 Å². The summed E-state index contributed by atoms with van der Waals surface area (Å²) in [7, 11) is -1.13. The zero-order valence-electron chi connectivity index (χ0n) is 8.39. The van der Waals surface area contributed by atoms with Gasteiger partial charge in [-0.05, 0) is 11.1 Å². The number of benzene rings is 1. The molecule has 1 saturated heterocycles. The van der Waals surface area contributed by atoms with Gasteiger partial charge in [-0.15, -0.1) is 0 Å². The summed E-state index contributed by atoms with van der Waals surface area (Å²) in [5.74, 6) is 0. The first-order valence-electron chi connectivity index (χ1n) is 4.78. The Balaban J connectivity index is 1.82. The minimum absolute atomic E-state index is 0.454. The van der Waals surface area contributed by atoms with Gasteiger partial charge in [-0.2, -0.15) is 0 Å². The minimum atomic E-state index is -1.13. The van der Waals surface area contributed by atoms with Crippen molar-refractivity contribution < 1.29 is 13.6 Å². The normalized spacial score (nSPS) is 16.8. The van der Waals surface area contributed by atoms with E-state index in [0.29, 0.717) is 19.8 Å². The molecule has 0 amide bonds. The van der Waals surface area contributed by atoms with E-state index in [2.05, 4.69) is 6.58 Å². The van der Waals surface area contributed by atoms with Gasteiger partial charge in [0.1, 0.15) is 0 Å². The van der Waals surface area contributed by atoms with E-state index in [1.54, 1.807) is 0 Å². The maximum Gasteiger partial charge on any atom is 0.333 e. The molecule has 0 radical (unpaired) electrons. The van der Waals surface area contributed by atoms with Gasteiger partial charge in [-0.3, -0.25) is 0 Å². The third-order valence-corrected chi connectivity index (χ3v) is 3.13. The van der Waals surface area contributed by atoms with Crippen LogP contribution in [-0.2, 0) is 13.6 Å². The van der Waals surface area contributed by atoms with Crippen molar-refractivity contribution >= 4 is 14.2 Å². The van der Waals surface area contributed by atoms with Gasteiger partial charge in [-0.1, -0.05) is 36.9 Å². The highest BCUT2D eigenvalue weighted by atomic mass is 31.2. The summed E-state index contributed by atoms with van der Waals surface area (Å²) in [5.41, 5.74) is 2.03. The van der Waals surface area contributed by atoms with Crippen molar-refractivity contribution in [2.45, 2.75) is 0 Å².